The highest BCUT2D eigenvalue weighted by molar-refractivity contribution is 7.98. The molecule has 0 saturated carbocycles. The summed E-state index contributed by atoms with van der Waals surface area (Å²) in [6.07, 6.45) is 4.50. The number of hydrogen-bond acceptors (Lipinski definition) is 6. The van der Waals surface area contributed by atoms with Crippen molar-refractivity contribution in [1.82, 2.24) is 9.97 Å². The van der Waals surface area contributed by atoms with Crippen molar-refractivity contribution in [2.24, 2.45) is 5.84 Å². The van der Waals surface area contributed by atoms with Crippen molar-refractivity contribution in [3.63, 3.8) is 0 Å². The zero-order valence-corrected chi connectivity index (χ0v) is 12.2. The lowest BCUT2D eigenvalue weighted by atomic mass is 10.2. The van der Waals surface area contributed by atoms with Gasteiger partial charge in [0.05, 0.1) is 0 Å². The number of hydrazine groups is 1. The average Bonchev–Trinajstić information content (AvgIpc) is 2.38. The van der Waals surface area contributed by atoms with Crippen LogP contribution in [0.5, 0.6) is 0 Å². The smallest absolute Gasteiger partial charge is 0.145 e. The number of nitrogen functional groups attached to an aromatic ring is 1. The number of unbranched alkanes of at least 4 members (excludes halogenated alkanes) is 1. The first-order valence-corrected chi connectivity index (χ1v) is 7.65. The van der Waals surface area contributed by atoms with Crippen molar-refractivity contribution < 1.29 is 0 Å². The summed E-state index contributed by atoms with van der Waals surface area (Å²) >= 11 is 1.88. The Morgan fingerprint density at radius 3 is 2.61 bits per heavy atom. The van der Waals surface area contributed by atoms with E-state index in [2.05, 4.69) is 40.8 Å². The Morgan fingerprint density at radius 2 is 2.00 bits per heavy atom. The van der Waals surface area contributed by atoms with Crippen LogP contribution in [0.4, 0.5) is 11.6 Å². The van der Waals surface area contributed by atoms with Gasteiger partial charge in [0.1, 0.15) is 17.5 Å². The third kappa shape index (κ3) is 5.10. The largest absolute Gasteiger partial charge is 0.370 e. The van der Waals surface area contributed by atoms with Crippen molar-refractivity contribution in [1.29, 1.82) is 0 Å². The van der Waals surface area contributed by atoms with E-state index in [1.165, 1.54) is 12.2 Å². The zero-order valence-electron chi connectivity index (χ0n) is 11.4. The second-order valence-corrected chi connectivity index (χ2v) is 5.41. The molecule has 1 aromatic heterocycles. The van der Waals surface area contributed by atoms with E-state index in [-0.39, 0.29) is 5.92 Å². The van der Waals surface area contributed by atoms with Gasteiger partial charge in [-0.3, -0.25) is 0 Å². The summed E-state index contributed by atoms with van der Waals surface area (Å²) in [5.74, 6) is 9.20. The summed E-state index contributed by atoms with van der Waals surface area (Å²) in [4.78, 5) is 8.79. The number of rotatable bonds is 8. The monoisotopic (exact) mass is 269 g/mol. The minimum atomic E-state index is 0.287. The number of hydrogen-bond donors (Lipinski definition) is 3. The minimum Gasteiger partial charge on any atom is -0.370 e. The van der Waals surface area contributed by atoms with Gasteiger partial charge in [-0.05, 0) is 24.9 Å². The predicted octanol–water partition coefficient (Wildman–Crippen LogP) is 2.44. The molecule has 0 bridgehead atoms. The molecule has 0 aliphatic carbocycles. The summed E-state index contributed by atoms with van der Waals surface area (Å²) in [5.41, 5.74) is 2.58. The fourth-order valence-electron chi connectivity index (χ4n) is 1.48. The maximum absolute atomic E-state index is 5.41. The molecule has 0 aliphatic rings. The lowest BCUT2D eigenvalue weighted by Crippen LogP contribution is -2.13. The molecular weight excluding hydrogens is 246 g/mol. The lowest BCUT2D eigenvalue weighted by Gasteiger charge is -2.11. The van der Waals surface area contributed by atoms with Gasteiger partial charge in [-0.15, -0.1) is 0 Å². The van der Waals surface area contributed by atoms with Crippen LogP contribution >= 0.6 is 11.8 Å². The fraction of sp³-hybridized carbons (Fsp3) is 0.667. The Hall–Kier alpha value is -1.01. The molecule has 1 aromatic rings. The van der Waals surface area contributed by atoms with Crippen LogP contribution in [0, 0.1) is 0 Å². The molecule has 0 fully saturated rings. The first-order chi connectivity index (χ1) is 8.67. The van der Waals surface area contributed by atoms with Crippen molar-refractivity contribution in [3.8, 4) is 0 Å². The number of nitrogens with two attached hydrogens (primary N) is 1. The maximum atomic E-state index is 5.41. The summed E-state index contributed by atoms with van der Waals surface area (Å²) < 4.78 is 0. The van der Waals surface area contributed by atoms with Crippen molar-refractivity contribution in [3.05, 3.63) is 11.9 Å². The molecule has 0 aromatic carbocycles. The third-order valence-electron chi connectivity index (χ3n) is 2.49. The highest BCUT2D eigenvalue weighted by Crippen LogP contribution is 2.16. The predicted molar refractivity (Wildman–Crippen MR) is 80.0 cm³/mol. The number of thioether (sulfide) groups is 1. The first kappa shape index (κ1) is 15.0. The Kier molecular flexibility index (Phi) is 6.82. The van der Waals surface area contributed by atoms with Crippen LogP contribution in [0.2, 0.25) is 0 Å². The minimum absolute atomic E-state index is 0.287. The molecule has 0 radical (unpaired) electrons. The van der Waals surface area contributed by atoms with E-state index in [4.69, 9.17) is 5.84 Å². The topological polar surface area (TPSA) is 75.9 Å². The molecule has 0 aliphatic heterocycles. The third-order valence-corrected chi connectivity index (χ3v) is 3.19. The highest BCUT2D eigenvalue weighted by atomic mass is 32.2. The SMILES string of the molecule is CSCCCCNc1cc(NN)nc(C(C)C)n1. The van der Waals surface area contributed by atoms with E-state index >= 15 is 0 Å². The Morgan fingerprint density at radius 1 is 1.28 bits per heavy atom. The molecular formula is C12H23N5S. The zero-order chi connectivity index (χ0) is 13.4. The van der Waals surface area contributed by atoms with Crippen LogP contribution in [-0.4, -0.2) is 28.5 Å². The fourth-order valence-corrected chi connectivity index (χ4v) is 1.97. The number of anilines is 2. The number of nitrogens with one attached hydrogen (secondary N) is 2. The Labute approximate surface area is 113 Å². The molecule has 6 heteroatoms. The van der Waals surface area contributed by atoms with Crippen LogP contribution < -0.4 is 16.6 Å². The van der Waals surface area contributed by atoms with Crippen LogP contribution in [-0.2, 0) is 0 Å². The van der Waals surface area contributed by atoms with Crippen molar-refractivity contribution in [2.45, 2.75) is 32.6 Å². The van der Waals surface area contributed by atoms with Crippen molar-refractivity contribution in [2.75, 3.05) is 29.3 Å². The molecule has 0 spiro atoms. The van der Waals surface area contributed by atoms with Gasteiger partial charge in [0, 0.05) is 18.5 Å². The van der Waals surface area contributed by atoms with Gasteiger partial charge >= 0.3 is 0 Å². The van der Waals surface area contributed by atoms with Gasteiger partial charge in [0.2, 0.25) is 0 Å². The molecule has 1 heterocycles. The quantitative estimate of drug-likeness (QED) is 0.382. The van der Waals surface area contributed by atoms with E-state index in [1.807, 2.05) is 17.8 Å². The summed E-state index contributed by atoms with van der Waals surface area (Å²) in [5, 5.41) is 3.32. The van der Waals surface area contributed by atoms with Crippen LogP contribution in [0.25, 0.3) is 0 Å². The molecule has 0 amide bonds. The molecule has 0 unspecified atom stereocenters. The van der Waals surface area contributed by atoms with Gasteiger partial charge in [0.15, 0.2) is 0 Å². The van der Waals surface area contributed by atoms with E-state index in [9.17, 15) is 0 Å². The Bertz CT molecular complexity index is 356. The lowest BCUT2D eigenvalue weighted by molar-refractivity contribution is 0.771. The van der Waals surface area contributed by atoms with E-state index in [0.29, 0.717) is 5.82 Å². The number of nitrogens with zero attached hydrogens (tertiary/aromatic N) is 2. The van der Waals surface area contributed by atoms with Gasteiger partial charge in [-0.25, -0.2) is 15.8 Å². The normalized spacial score (nSPS) is 10.7. The summed E-state index contributed by atoms with van der Waals surface area (Å²) in [7, 11) is 0. The number of aromatic nitrogens is 2. The van der Waals surface area contributed by atoms with Crippen LogP contribution in [0.3, 0.4) is 0 Å². The highest BCUT2D eigenvalue weighted by Gasteiger charge is 2.07. The molecule has 102 valence electrons. The molecule has 18 heavy (non-hydrogen) atoms. The van der Waals surface area contributed by atoms with Crippen LogP contribution in [0.1, 0.15) is 38.4 Å². The van der Waals surface area contributed by atoms with Gasteiger partial charge in [0.25, 0.3) is 0 Å². The molecule has 0 atom stereocenters. The first-order valence-electron chi connectivity index (χ1n) is 6.25. The van der Waals surface area contributed by atoms with Crippen LogP contribution in [0.15, 0.2) is 6.07 Å². The molecule has 5 nitrogen and oxygen atoms in total. The van der Waals surface area contributed by atoms with E-state index in [0.717, 1.165) is 24.6 Å². The van der Waals surface area contributed by atoms with Crippen molar-refractivity contribution >= 4 is 23.4 Å². The summed E-state index contributed by atoms with van der Waals surface area (Å²) in [6, 6.07) is 1.83. The molecule has 4 N–H and O–H groups in total. The summed E-state index contributed by atoms with van der Waals surface area (Å²) in [6.45, 7) is 5.06. The second-order valence-electron chi connectivity index (χ2n) is 4.42. The van der Waals surface area contributed by atoms with E-state index < -0.39 is 0 Å². The van der Waals surface area contributed by atoms with Gasteiger partial charge in [-0.2, -0.15) is 11.8 Å². The maximum Gasteiger partial charge on any atom is 0.145 e. The molecule has 1 rings (SSSR count). The van der Waals surface area contributed by atoms with Gasteiger partial charge < -0.3 is 10.7 Å². The Balaban J connectivity index is 2.56. The average molecular weight is 269 g/mol. The van der Waals surface area contributed by atoms with Gasteiger partial charge in [-0.1, -0.05) is 13.8 Å². The standard InChI is InChI=1S/C12H23N5S/c1-9(2)12-15-10(8-11(16-12)17-13)14-6-4-5-7-18-3/h8-9H,4-7,13H2,1-3H3,(H2,14,15,16,17). The van der Waals surface area contributed by atoms with E-state index in [1.54, 1.807) is 0 Å². The molecule has 0 saturated heterocycles. The second kappa shape index (κ2) is 8.16.